The molecule has 0 aliphatic heterocycles. The number of nitrogens with two attached hydrogens (primary N) is 1. The summed E-state index contributed by atoms with van der Waals surface area (Å²) in [4.78, 5) is 14.6. The molecule has 0 aliphatic rings. The molecule has 0 unspecified atom stereocenters. The van der Waals surface area contributed by atoms with Gasteiger partial charge in [-0.2, -0.15) is 0 Å². The van der Waals surface area contributed by atoms with Crippen LogP contribution in [0, 0.1) is 12.3 Å². The second-order valence-corrected chi connectivity index (χ2v) is 3.51. The van der Waals surface area contributed by atoms with Crippen molar-refractivity contribution in [2.75, 3.05) is 5.73 Å². The lowest BCUT2D eigenvalue weighted by molar-refractivity contribution is 0.197. The first kappa shape index (κ1) is 12.1. The van der Waals surface area contributed by atoms with Crippen molar-refractivity contribution in [1.82, 2.24) is 9.55 Å². The van der Waals surface area contributed by atoms with Crippen LogP contribution >= 0.6 is 0 Å². The average Bonchev–Trinajstić information content (AvgIpc) is 2.59. The van der Waals surface area contributed by atoms with Gasteiger partial charge in [0.2, 0.25) is 5.95 Å². The molecule has 0 amide bonds. The number of carbonyl (C=O) groups is 1. The largest absolute Gasteiger partial charge is 0.464 e. The van der Waals surface area contributed by atoms with E-state index >= 15 is 0 Å². The first-order chi connectivity index (χ1) is 7.65. The minimum Gasteiger partial charge on any atom is -0.464 e. The van der Waals surface area contributed by atoms with Crippen molar-refractivity contribution in [2.24, 2.45) is 0 Å². The van der Waals surface area contributed by atoms with Gasteiger partial charge in [-0.25, -0.2) is 14.3 Å². The maximum absolute atomic E-state index is 10.7. The third-order valence-electron chi connectivity index (χ3n) is 2.24. The lowest BCUT2D eigenvalue weighted by Gasteiger charge is -1.95. The average molecular weight is 221 g/mol. The van der Waals surface area contributed by atoms with Gasteiger partial charge in [-0.05, 0) is 19.3 Å². The number of aromatic nitrogens is 2. The number of hydrogen-bond acceptors (Lipinski definition) is 3. The molecule has 86 valence electrons. The van der Waals surface area contributed by atoms with Crippen molar-refractivity contribution in [2.45, 2.75) is 32.1 Å². The van der Waals surface area contributed by atoms with Crippen molar-refractivity contribution in [3.05, 3.63) is 11.9 Å². The van der Waals surface area contributed by atoms with E-state index in [2.05, 4.69) is 10.9 Å². The summed E-state index contributed by atoms with van der Waals surface area (Å²) < 4.78 is 0.927. The Morgan fingerprint density at radius 1 is 1.56 bits per heavy atom. The molecule has 3 N–H and O–H groups in total. The van der Waals surface area contributed by atoms with E-state index in [1.54, 1.807) is 0 Å². The van der Waals surface area contributed by atoms with E-state index in [1.807, 2.05) is 0 Å². The Bertz CT molecular complexity index is 404. The van der Waals surface area contributed by atoms with Gasteiger partial charge in [0.05, 0.1) is 5.69 Å². The maximum Gasteiger partial charge on any atom is 0.418 e. The van der Waals surface area contributed by atoms with E-state index < -0.39 is 6.09 Å². The topological polar surface area (TPSA) is 81.1 Å². The number of nitrogen functional groups attached to an aromatic ring is 1. The molecule has 5 heteroatoms. The number of terminal acetylenes is 1. The zero-order chi connectivity index (χ0) is 12.0. The molecule has 1 aromatic heterocycles. The lowest BCUT2D eigenvalue weighted by atomic mass is 10.1. The number of unbranched alkanes of at least 4 members (excludes halogenated alkanes) is 3. The molecule has 5 nitrogen and oxygen atoms in total. The summed E-state index contributed by atoms with van der Waals surface area (Å²) in [5, 5.41) is 8.74. The highest BCUT2D eigenvalue weighted by atomic mass is 16.4. The highest BCUT2D eigenvalue weighted by molar-refractivity contribution is 5.71. The number of rotatable bonds is 5. The summed E-state index contributed by atoms with van der Waals surface area (Å²) in [6, 6.07) is 0. The summed E-state index contributed by atoms with van der Waals surface area (Å²) in [7, 11) is 0. The maximum atomic E-state index is 10.7. The number of carboxylic acid groups (broad SMARTS) is 1. The van der Waals surface area contributed by atoms with Gasteiger partial charge in [0.15, 0.2) is 0 Å². The summed E-state index contributed by atoms with van der Waals surface area (Å²) in [5.41, 5.74) is 6.15. The molecule has 1 aromatic rings. The Morgan fingerprint density at radius 2 is 2.31 bits per heavy atom. The Morgan fingerprint density at radius 3 is 2.88 bits per heavy atom. The Kier molecular flexibility index (Phi) is 4.40. The summed E-state index contributed by atoms with van der Waals surface area (Å²) in [6.07, 6.45) is 9.95. The van der Waals surface area contributed by atoms with E-state index in [0.29, 0.717) is 5.69 Å². The van der Waals surface area contributed by atoms with Gasteiger partial charge in [0.25, 0.3) is 0 Å². The van der Waals surface area contributed by atoms with E-state index in [1.165, 1.54) is 6.20 Å². The molecular formula is C11H15N3O2. The Hall–Kier alpha value is -1.96. The van der Waals surface area contributed by atoms with Crippen molar-refractivity contribution < 1.29 is 9.90 Å². The zero-order valence-corrected chi connectivity index (χ0v) is 9.02. The van der Waals surface area contributed by atoms with Crippen LogP contribution in [0.2, 0.25) is 0 Å². The van der Waals surface area contributed by atoms with Crippen LogP contribution in [0.4, 0.5) is 10.7 Å². The highest BCUT2D eigenvalue weighted by Gasteiger charge is 2.09. The smallest absolute Gasteiger partial charge is 0.418 e. The van der Waals surface area contributed by atoms with Crippen LogP contribution < -0.4 is 5.73 Å². The van der Waals surface area contributed by atoms with Crippen molar-refractivity contribution in [3.8, 4) is 12.3 Å². The molecule has 0 fully saturated rings. The predicted octanol–water partition coefficient (Wildman–Crippen LogP) is 1.73. The minimum absolute atomic E-state index is 0.0196. The van der Waals surface area contributed by atoms with Crippen molar-refractivity contribution in [3.63, 3.8) is 0 Å². The van der Waals surface area contributed by atoms with Gasteiger partial charge in [0, 0.05) is 12.6 Å². The van der Waals surface area contributed by atoms with E-state index in [9.17, 15) is 4.79 Å². The fraction of sp³-hybridized carbons (Fsp3) is 0.455. The molecule has 0 radical (unpaired) electrons. The van der Waals surface area contributed by atoms with Crippen LogP contribution in [0.5, 0.6) is 0 Å². The third kappa shape index (κ3) is 3.31. The second-order valence-electron chi connectivity index (χ2n) is 3.51. The zero-order valence-electron chi connectivity index (χ0n) is 9.02. The fourth-order valence-corrected chi connectivity index (χ4v) is 1.43. The summed E-state index contributed by atoms with van der Waals surface area (Å²) in [6.45, 7) is 0. The van der Waals surface area contributed by atoms with Crippen LogP contribution in [0.25, 0.3) is 0 Å². The molecule has 0 saturated carbocycles. The Balaban J connectivity index is 2.41. The van der Waals surface area contributed by atoms with Gasteiger partial charge in [0.1, 0.15) is 0 Å². The molecule has 0 aromatic carbocycles. The number of hydrogen-bond donors (Lipinski definition) is 2. The van der Waals surface area contributed by atoms with Crippen molar-refractivity contribution >= 4 is 12.0 Å². The lowest BCUT2D eigenvalue weighted by Crippen LogP contribution is -2.09. The number of aryl methyl sites for hydroxylation is 1. The normalized spacial score (nSPS) is 9.94. The SMILES string of the molecule is C#CCCCCCc1cn(C(=O)O)c(N)n1. The quantitative estimate of drug-likeness (QED) is 0.586. The number of nitrogens with zero attached hydrogens (tertiary/aromatic N) is 2. The second kappa shape index (κ2) is 5.81. The van der Waals surface area contributed by atoms with Crippen LogP contribution in [0.3, 0.4) is 0 Å². The van der Waals surface area contributed by atoms with Crippen LogP contribution in [0.1, 0.15) is 31.4 Å². The van der Waals surface area contributed by atoms with Crippen molar-refractivity contribution in [1.29, 1.82) is 0 Å². The van der Waals surface area contributed by atoms with E-state index in [-0.39, 0.29) is 5.95 Å². The summed E-state index contributed by atoms with van der Waals surface area (Å²) in [5.74, 6) is 2.60. The highest BCUT2D eigenvalue weighted by Crippen LogP contribution is 2.09. The molecule has 0 aliphatic carbocycles. The fourth-order valence-electron chi connectivity index (χ4n) is 1.43. The Labute approximate surface area is 94.3 Å². The number of imidazole rings is 1. The standard InChI is InChI=1S/C11H15N3O2/c1-2-3-4-5-6-7-9-8-14(11(15)16)10(12)13-9/h1,8H,3-7H2,(H2,12,13)(H,15,16). The van der Waals surface area contributed by atoms with E-state index in [4.69, 9.17) is 17.3 Å². The van der Waals surface area contributed by atoms with E-state index in [0.717, 1.165) is 36.7 Å². The third-order valence-corrected chi connectivity index (χ3v) is 2.24. The molecule has 0 bridgehead atoms. The molecule has 1 heterocycles. The molecule has 0 atom stereocenters. The molecule has 0 saturated heterocycles. The van der Waals surface area contributed by atoms with Gasteiger partial charge in [-0.15, -0.1) is 12.3 Å². The summed E-state index contributed by atoms with van der Waals surface area (Å²) >= 11 is 0. The molecular weight excluding hydrogens is 206 g/mol. The molecule has 16 heavy (non-hydrogen) atoms. The van der Waals surface area contributed by atoms with Gasteiger partial charge in [-0.1, -0.05) is 6.42 Å². The predicted molar refractivity (Wildman–Crippen MR) is 61.1 cm³/mol. The van der Waals surface area contributed by atoms with Gasteiger partial charge < -0.3 is 10.8 Å². The van der Waals surface area contributed by atoms with Gasteiger partial charge in [-0.3, -0.25) is 0 Å². The van der Waals surface area contributed by atoms with Crippen LogP contribution in [-0.4, -0.2) is 20.8 Å². The molecule has 1 rings (SSSR count). The van der Waals surface area contributed by atoms with Crippen LogP contribution in [-0.2, 0) is 6.42 Å². The molecule has 0 spiro atoms. The number of anilines is 1. The monoisotopic (exact) mass is 221 g/mol. The first-order valence-corrected chi connectivity index (χ1v) is 5.15. The minimum atomic E-state index is -1.11. The first-order valence-electron chi connectivity index (χ1n) is 5.15. The van der Waals surface area contributed by atoms with Gasteiger partial charge >= 0.3 is 6.09 Å². The van der Waals surface area contributed by atoms with Crippen LogP contribution in [0.15, 0.2) is 6.20 Å².